The molecule has 1 fully saturated rings. The van der Waals surface area contributed by atoms with Crippen molar-refractivity contribution in [3.63, 3.8) is 0 Å². The molecular formula is C33H39N5O5. The highest BCUT2D eigenvalue weighted by atomic mass is 16.3. The molecule has 0 saturated heterocycles. The third-order valence-corrected chi connectivity index (χ3v) is 8.54. The highest BCUT2D eigenvalue weighted by molar-refractivity contribution is 6.23. The number of imide groups is 1. The van der Waals surface area contributed by atoms with Gasteiger partial charge in [0, 0.05) is 24.7 Å². The zero-order chi connectivity index (χ0) is 30.2. The van der Waals surface area contributed by atoms with E-state index in [-0.39, 0.29) is 30.6 Å². The van der Waals surface area contributed by atoms with Crippen LogP contribution in [-0.4, -0.2) is 68.3 Å². The number of nitrogens with zero attached hydrogens (tertiary/aromatic N) is 2. The number of nitrogens with one attached hydrogen (secondary N) is 3. The summed E-state index contributed by atoms with van der Waals surface area (Å²) in [5.41, 5.74) is 1.88. The Morgan fingerprint density at radius 3 is 2.21 bits per heavy atom. The molecule has 1 aliphatic carbocycles. The predicted octanol–water partition coefficient (Wildman–Crippen LogP) is 3.18. The molecule has 1 aliphatic heterocycles. The van der Waals surface area contributed by atoms with Gasteiger partial charge in [0.1, 0.15) is 12.1 Å². The molecule has 2 heterocycles. The van der Waals surface area contributed by atoms with Gasteiger partial charge in [-0.2, -0.15) is 0 Å². The minimum absolute atomic E-state index is 0.0805. The van der Waals surface area contributed by atoms with E-state index in [9.17, 15) is 24.3 Å². The van der Waals surface area contributed by atoms with Crippen molar-refractivity contribution in [1.29, 1.82) is 0 Å². The molecule has 4 N–H and O–H groups in total. The molecule has 0 radical (unpaired) electrons. The number of carbonyl (C=O) groups is 4. The molecule has 2 aromatic carbocycles. The van der Waals surface area contributed by atoms with Gasteiger partial charge in [0.2, 0.25) is 11.8 Å². The number of hydrogen-bond donors (Lipinski definition) is 4. The summed E-state index contributed by atoms with van der Waals surface area (Å²) in [4.78, 5) is 62.4. The molecule has 10 heteroatoms. The highest BCUT2D eigenvalue weighted by Gasteiger charge is 2.43. The number of H-pyrrole nitrogens is 1. The van der Waals surface area contributed by atoms with E-state index < -0.39 is 41.8 Å². The first-order valence-corrected chi connectivity index (χ1v) is 15.1. The number of fused-ring (bicyclic) bond motifs is 1. The number of benzene rings is 2. The number of carbonyl (C=O) groups excluding carboxylic acids is 4. The summed E-state index contributed by atoms with van der Waals surface area (Å²) < 4.78 is 0. The van der Waals surface area contributed by atoms with Gasteiger partial charge in [-0.15, -0.1) is 0 Å². The molecule has 2 aliphatic rings. The molecule has 10 nitrogen and oxygen atoms in total. The number of amides is 4. The Morgan fingerprint density at radius 2 is 1.58 bits per heavy atom. The van der Waals surface area contributed by atoms with Gasteiger partial charge < -0.3 is 20.7 Å². The number of hydrogen-bond acceptors (Lipinski definition) is 6. The number of aliphatic hydroxyl groups excluding tert-OH is 1. The monoisotopic (exact) mass is 585 g/mol. The molecule has 43 heavy (non-hydrogen) atoms. The summed E-state index contributed by atoms with van der Waals surface area (Å²) in [6, 6.07) is 13.0. The minimum Gasteiger partial charge on any atom is -0.394 e. The van der Waals surface area contributed by atoms with Crippen molar-refractivity contribution in [3.05, 3.63) is 89.5 Å². The van der Waals surface area contributed by atoms with Gasteiger partial charge >= 0.3 is 0 Å². The van der Waals surface area contributed by atoms with Gasteiger partial charge in [0.15, 0.2) is 0 Å². The third kappa shape index (κ3) is 7.37. The van der Waals surface area contributed by atoms with Crippen LogP contribution in [0.1, 0.15) is 76.9 Å². The summed E-state index contributed by atoms with van der Waals surface area (Å²) >= 11 is 0. The lowest BCUT2D eigenvalue weighted by Crippen LogP contribution is -2.57. The van der Waals surface area contributed by atoms with E-state index in [1.807, 2.05) is 30.3 Å². The second-order valence-electron chi connectivity index (χ2n) is 11.5. The average molecular weight is 586 g/mol. The second kappa shape index (κ2) is 14.2. The molecule has 3 unspecified atom stereocenters. The molecule has 226 valence electrons. The average Bonchev–Trinajstić information content (AvgIpc) is 3.64. The van der Waals surface area contributed by atoms with Crippen LogP contribution in [0.4, 0.5) is 0 Å². The SMILES string of the molecule is O=C(NC(CO)CCC1CCCCC1)C(Cc1cnc[nH]1)NC(=O)C(Cc1ccccc1)N1C(=O)c2ccccc2C1=O. The van der Waals surface area contributed by atoms with Crippen LogP contribution in [0.25, 0.3) is 0 Å². The van der Waals surface area contributed by atoms with Gasteiger partial charge in [0.25, 0.3) is 11.8 Å². The van der Waals surface area contributed by atoms with Crippen LogP contribution < -0.4 is 10.6 Å². The van der Waals surface area contributed by atoms with E-state index in [0.29, 0.717) is 18.0 Å². The fraction of sp³-hybridized carbons (Fsp3) is 0.424. The first-order chi connectivity index (χ1) is 20.9. The van der Waals surface area contributed by atoms with Crippen LogP contribution in [0.5, 0.6) is 0 Å². The van der Waals surface area contributed by atoms with Gasteiger partial charge in [-0.3, -0.25) is 24.1 Å². The first-order valence-electron chi connectivity index (χ1n) is 15.1. The molecule has 0 spiro atoms. The van der Waals surface area contributed by atoms with Crippen LogP contribution >= 0.6 is 0 Å². The smallest absolute Gasteiger partial charge is 0.262 e. The molecule has 4 amide bonds. The van der Waals surface area contributed by atoms with E-state index >= 15 is 0 Å². The molecule has 3 aromatic rings. The fourth-order valence-corrected chi connectivity index (χ4v) is 6.15. The molecule has 3 atom stereocenters. The summed E-state index contributed by atoms with van der Waals surface area (Å²) in [5.74, 6) is -1.57. The first kappa shape index (κ1) is 30.2. The maximum Gasteiger partial charge on any atom is 0.262 e. The van der Waals surface area contributed by atoms with E-state index in [4.69, 9.17) is 0 Å². The Hall–Kier alpha value is -4.31. The predicted molar refractivity (Wildman–Crippen MR) is 160 cm³/mol. The van der Waals surface area contributed by atoms with Crippen molar-refractivity contribution in [2.45, 2.75) is 75.9 Å². The van der Waals surface area contributed by atoms with E-state index in [0.717, 1.165) is 16.9 Å². The maximum absolute atomic E-state index is 14.0. The quantitative estimate of drug-likeness (QED) is 0.227. The van der Waals surface area contributed by atoms with E-state index in [1.165, 1.54) is 38.4 Å². The van der Waals surface area contributed by atoms with E-state index in [2.05, 4.69) is 20.6 Å². The van der Waals surface area contributed by atoms with Crippen LogP contribution in [0.2, 0.25) is 0 Å². The fourth-order valence-electron chi connectivity index (χ4n) is 6.15. The normalized spacial score (nSPS) is 17.3. The highest BCUT2D eigenvalue weighted by Crippen LogP contribution is 2.28. The summed E-state index contributed by atoms with van der Waals surface area (Å²) in [7, 11) is 0. The maximum atomic E-state index is 14.0. The van der Waals surface area contributed by atoms with Crippen molar-refractivity contribution in [1.82, 2.24) is 25.5 Å². The van der Waals surface area contributed by atoms with Gasteiger partial charge in [-0.25, -0.2) is 4.98 Å². The Bertz CT molecular complexity index is 1370. The lowest BCUT2D eigenvalue weighted by molar-refractivity contribution is -0.131. The molecule has 5 rings (SSSR count). The number of aromatic nitrogens is 2. The minimum atomic E-state index is -1.19. The molecule has 1 aromatic heterocycles. The summed E-state index contributed by atoms with van der Waals surface area (Å²) in [6.07, 6.45) is 10.9. The van der Waals surface area contributed by atoms with Crippen molar-refractivity contribution < 1.29 is 24.3 Å². The molecule has 1 saturated carbocycles. The van der Waals surface area contributed by atoms with Crippen LogP contribution in [0.3, 0.4) is 0 Å². The van der Waals surface area contributed by atoms with Gasteiger partial charge in [-0.05, 0) is 36.5 Å². The topological polar surface area (TPSA) is 144 Å². The van der Waals surface area contributed by atoms with Crippen LogP contribution in [0.15, 0.2) is 67.1 Å². The number of aromatic amines is 1. The lowest BCUT2D eigenvalue weighted by atomic mass is 9.85. The second-order valence-corrected chi connectivity index (χ2v) is 11.5. The lowest BCUT2D eigenvalue weighted by Gasteiger charge is -2.29. The number of rotatable bonds is 13. The molecule has 0 bridgehead atoms. The zero-order valence-corrected chi connectivity index (χ0v) is 24.2. The van der Waals surface area contributed by atoms with Crippen LogP contribution in [-0.2, 0) is 22.4 Å². The van der Waals surface area contributed by atoms with Crippen molar-refractivity contribution in [2.75, 3.05) is 6.61 Å². The Balaban J connectivity index is 1.35. The van der Waals surface area contributed by atoms with E-state index in [1.54, 1.807) is 30.5 Å². The van der Waals surface area contributed by atoms with Gasteiger partial charge in [0.05, 0.1) is 30.1 Å². The number of aliphatic hydroxyl groups is 1. The molecular weight excluding hydrogens is 546 g/mol. The van der Waals surface area contributed by atoms with Crippen molar-refractivity contribution >= 4 is 23.6 Å². The standard InChI is InChI=1S/C33H39N5O5/c39-20-24(16-15-22-9-3-1-4-10-22)36-30(40)28(18-25-19-34-21-35-25)37-31(41)29(17-23-11-5-2-6-12-23)38-32(42)26-13-7-8-14-27(26)33(38)43/h2,5-8,11-14,19,21-22,24,28-29,39H,1,3-4,9-10,15-18,20H2,(H,34,35)(H,36,40)(H,37,41). The van der Waals surface area contributed by atoms with Crippen molar-refractivity contribution in [3.8, 4) is 0 Å². The Kier molecular flexibility index (Phi) is 9.99. The Morgan fingerprint density at radius 1 is 0.907 bits per heavy atom. The summed E-state index contributed by atoms with van der Waals surface area (Å²) in [6.45, 7) is -0.213. The largest absolute Gasteiger partial charge is 0.394 e. The van der Waals surface area contributed by atoms with Gasteiger partial charge in [-0.1, -0.05) is 74.6 Å². The van der Waals surface area contributed by atoms with Crippen molar-refractivity contribution in [2.24, 2.45) is 5.92 Å². The Labute approximate surface area is 251 Å². The third-order valence-electron chi connectivity index (χ3n) is 8.54. The van der Waals surface area contributed by atoms with Crippen LogP contribution in [0, 0.1) is 5.92 Å². The number of imidazole rings is 1. The zero-order valence-electron chi connectivity index (χ0n) is 24.2. The summed E-state index contributed by atoms with van der Waals surface area (Å²) in [5, 5.41) is 15.8.